The van der Waals surface area contributed by atoms with Crippen LogP contribution in [0.15, 0.2) is 0 Å². The Morgan fingerprint density at radius 1 is 1.33 bits per heavy atom. The highest BCUT2D eigenvalue weighted by atomic mass is 16.5. The second-order valence-corrected chi connectivity index (χ2v) is 6.21. The number of carbonyl (C=O) groups is 2. The number of esters is 1. The van der Waals surface area contributed by atoms with E-state index in [1.807, 2.05) is 20.8 Å². The number of aromatic amines is 1. The van der Waals surface area contributed by atoms with E-state index in [1.54, 1.807) is 20.8 Å². The van der Waals surface area contributed by atoms with Crippen molar-refractivity contribution in [2.24, 2.45) is 0 Å². The first-order valence-corrected chi connectivity index (χ1v) is 6.88. The monoisotopic (exact) mass is 296 g/mol. The van der Waals surface area contributed by atoms with E-state index in [9.17, 15) is 14.7 Å². The molecule has 1 aromatic heterocycles. The van der Waals surface area contributed by atoms with Crippen LogP contribution in [0.1, 0.15) is 61.1 Å². The Bertz CT molecular complexity index is 539. The van der Waals surface area contributed by atoms with Crippen molar-refractivity contribution in [1.29, 1.82) is 0 Å². The fourth-order valence-corrected chi connectivity index (χ4v) is 2.25. The molecule has 1 heterocycles. The normalized spacial score (nSPS) is 12.9. The van der Waals surface area contributed by atoms with Crippen molar-refractivity contribution >= 4 is 11.9 Å². The highest BCUT2D eigenvalue weighted by Crippen LogP contribution is 2.24. The van der Waals surface area contributed by atoms with E-state index >= 15 is 0 Å². The van der Waals surface area contributed by atoms with E-state index < -0.39 is 12.1 Å². The molecule has 118 valence electrons. The third-order valence-electron chi connectivity index (χ3n) is 2.97. The highest BCUT2D eigenvalue weighted by Gasteiger charge is 2.22. The van der Waals surface area contributed by atoms with Gasteiger partial charge >= 0.3 is 5.97 Å². The van der Waals surface area contributed by atoms with Gasteiger partial charge in [0.1, 0.15) is 5.69 Å². The average Bonchev–Trinajstić information content (AvgIpc) is 2.59. The molecule has 0 unspecified atom stereocenters. The first kappa shape index (κ1) is 17.2. The Morgan fingerprint density at radius 2 is 1.90 bits per heavy atom. The fraction of sp³-hybridized carbons (Fsp3) is 0.600. The summed E-state index contributed by atoms with van der Waals surface area (Å²) < 4.78 is 5.00. The Labute approximate surface area is 124 Å². The number of rotatable bonds is 4. The number of ether oxygens (including phenoxy) is 1. The summed E-state index contributed by atoms with van der Waals surface area (Å²) in [5, 5.41) is 12.4. The number of aromatic nitrogens is 1. The Morgan fingerprint density at radius 3 is 2.33 bits per heavy atom. The van der Waals surface area contributed by atoms with Crippen LogP contribution < -0.4 is 5.32 Å². The van der Waals surface area contributed by atoms with Gasteiger partial charge in [0.15, 0.2) is 6.61 Å². The smallest absolute Gasteiger partial charge is 0.355 e. The quantitative estimate of drug-likeness (QED) is 0.738. The van der Waals surface area contributed by atoms with Crippen molar-refractivity contribution in [3.05, 3.63) is 22.5 Å². The van der Waals surface area contributed by atoms with E-state index in [4.69, 9.17) is 4.74 Å². The van der Waals surface area contributed by atoms with Crippen molar-refractivity contribution in [1.82, 2.24) is 10.3 Å². The van der Waals surface area contributed by atoms with Crippen molar-refractivity contribution in [2.75, 3.05) is 6.61 Å². The van der Waals surface area contributed by atoms with Gasteiger partial charge in [-0.05, 0) is 47.1 Å². The summed E-state index contributed by atoms with van der Waals surface area (Å²) in [5.74, 6) is -0.959. The maximum absolute atomic E-state index is 12.0. The average molecular weight is 296 g/mol. The maximum Gasteiger partial charge on any atom is 0.355 e. The molecule has 6 nitrogen and oxygen atoms in total. The summed E-state index contributed by atoms with van der Waals surface area (Å²) in [4.78, 5) is 26.5. The van der Waals surface area contributed by atoms with E-state index in [0.717, 1.165) is 0 Å². The lowest BCUT2D eigenvalue weighted by atomic mass is 10.1. The molecule has 0 saturated carbocycles. The SMILES string of the molecule is Cc1[nH]c(C(=O)OCC(=O)NC(C)(C)C)c(C)c1[C@@H](C)O. The van der Waals surface area contributed by atoms with E-state index in [1.165, 1.54) is 0 Å². The molecule has 0 fully saturated rings. The van der Waals surface area contributed by atoms with Crippen molar-refractivity contribution in [3.63, 3.8) is 0 Å². The Balaban J connectivity index is 2.74. The lowest BCUT2D eigenvalue weighted by molar-refractivity contribution is -0.125. The fourth-order valence-electron chi connectivity index (χ4n) is 2.25. The van der Waals surface area contributed by atoms with E-state index in [-0.39, 0.29) is 23.7 Å². The molecule has 0 aliphatic heterocycles. The molecule has 0 aromatic carbocycles. The molecule has 0 aliphatic carbocycles. The maximum atomic E-state index is 12.0. The number of aryl methyl sites for hydroxylation is 1. The molecule has 1 aromatic rings. The van der Waals surface area contributed by atoms with Crippen LogP contribution in [0.5, 0.6) is 0 Å². The van der Waals surface area contributed by atoms with Gasteiger partial charge < -0.3 is 20.1 Å². The highest BCUT2D eigenvalue weighted by molar-refractivity contribution is 5.91. The van der Waals surface area contributed by atoms with Crippen molar-refractivity contribution in [2.45, 2.75) is 53.2 Å². The zero-order valence-corrected chi connectivity index (χ0v) is 13.5. The van der Waals surface area contributed by atoms with Gasteiger partial charge in [0.05, 0.1) is 6.10 Å². The standard InChI is InChI=1S/C15H24N2O4/c1-8-12(10(3)18)9(2)16-13(8)14(20)21-7-11(19)17-15(4,5)6/h10,16,18H,7H2,1-6H3,(H,17,19)/t10-/m1/s1. The van der Waals surface area contributed by atoms with E-state index in [0.29, 0.717) is 16.8 Å². The molecule has 0 aliphatic rings. The lowest BCUT2D eigenvalue weighted by Crippen LogP contribution is -2.42. The van der Waals surface area contributed by atoms with Crippen LogP contribution in [0.3, 0.4) is 0 Å². The number of hydrogen-bond donors (Lipinski definition) is 3. The predicted octanol–water partition coefficient (Wildman–Crippen LogP) is 1.76. The van der Waals surface area contributed by atoms with Crippen LogP contribution in [0.25, 0.3) is 0 Å². The van der Waals surface area contributed by atoms with Crippen LogP contribution in [-0.2, 0) is 9.53 Å². The first-order valence-electron chi connectivity index (χ1n) is 6.88. The van der Waals surface area contributed by atoms with Gasteiger partial charge in [-0.2, -0.15) is 0 Å². The van der Waals surface area contributed by atoms with Gasteiger partial charge in [-0.3, -0.25) is 4.79 Å². The zero-order chi connectivity index (χ0) is 16.4. The van der Waals surface area contributed by atoms with Gasteiger partial charge in [0, 0.05) is 16.8 Å². The van der Waals surface area contributed by atoms with Gasteiger partial charge in [0.2, 0.25) is 0 Å². The molecule has 1 atom stereocenters. The van der Waals surface area contributed by atoms with Crippen LogP contribution in [0, 0.1) is 13.8 Å². The third kappa shape index (κ3) is 4.60. The van der Waals surface area contributed by atoms with Crippen molar-refractivity contribution < 1.29 is 19.4 Å². The molecular weight excluding hydrogens is 272 g/mol. The molecule has 0 radical (unpaired) electrons. The van der Waals surface area contributed by atoms with Crippen LogP contribution in [-0.4, -0.2) is 34.1 Å². The number of nitrogens with one attached hydrogen (secondary N) is 2. The largest absolute Gasteiger partial charge is 0.451 e. The number of H-pyrrole nitrogens is 1. The number of amides is 1. The second kappa shape index (κ2) is 6.30. The summed E-state index contributed by atoms with van der Waals surface area (Å²) in [6.07, 6.45) is -0.674. The topological polar surface area (TPSA) is 91.4 Å². The predicted molar refractivity (Wildman–Crippen MR) is 79.1 cm³/mol. The molecule has 1 amide bonds. The summed E-state index contributed by atoms with van der Waals surface area (Å²) in [6, 6.07) is 0. The number of hydrogen-bond acceptors (Lipinski definition) is 4. The van der Waals surface area contributed by atoms with Gasteiger partial charge in [-0.25, -0.2) is 4.79 Å². The minimum atomic E-state index is -0.674. The summed E-state index contributed by atoms with van der Waals surface area (Å²) in [6.45, 7) is 10.3. The van der Waals surface area contributed by atoms with E-state index in [2.05, 4.69) is 10.3 Å². The minimum Gasteiger partial charge on any atom is -0.451 e. The summed E-state index contributed by atoms with van der Waals surface area (Å²) in [7, 11) is 0. The molecule has 21 heavy (non-hydrogen) atoms. The van der Waals surface area contributed by atoms with Crippen LogP contribution >= 0.6 is 0 Å². The zero-order valence-electron chi connectivity index (χ0n) is 13.5. The molecule has 0 saturated heterocycles. The van der Waals surface area contributed by atoms with Gasteiger partial charge in [0.25, 0.3) is 5.91 Å². The van der Waals surface area contributed by atoms with Crippen LogP contribution in [0.2, 0.25) is 0 Å². The van der Waals surface area contributed by atoms with Gasteiger partial charge in [-0.15, -0.1) is 0 Å². The minimum absolute atomic E-state index is 0.270. The number of aliphatic hydroxyl groups excluding tert-OH is 1. The second-order valence-electron chi connectivity index (χ2n) is 6.21. The third-order valence-corrected chi connectivity index (χ3v) is 2.97. The van der Waals surface area contributed by atoms with Crippen LogP contribution in [0.4, 0.5) is 0 Å². The molecule has 0 bridgehead atoms. The van der Waals surface area contributed by atoms with Crippen molar-refractivity contribution in [3.8, 4) is 0 Å². The molecule has 3 N–H and O–H groups in total. The lowest BCUT2D eigenvalue weighted by Gasteiger charge is -2.20. The Kier molecular flexibility index (Phi) is 5.17. The Hall–Kier alpha value is -1.82. The molecule has 0 spiro atoms. The number of aliphatic hydroxyl groups is 1. The summed E-state index contributed by atoms with van der Waals surface area (Å²) in [5.41, 5.74) is 1.94. The summed E-state index contributed by atoms with van der Waals surface area (Å²) >= 11 is 0. The molecule has 6 heteroatoms. The number of carbonyl (C=O) groups excluding carboxylic acids is 2. The molecular formula is C15H24N2O4. The van der Waals surface area contributed by atoms with Gasteiger partial charge in [-0.1, -0.05) is 0 Å². The first-order chi connectivity index (χ1) is 9.53. The molecule has 1 rings (SSSR count).